The van der Waals surface area contributed by atoms with Gasteiger partial charge in [0.2, 0.25) is 0 Å². The number of aryl methyl sites for hydroxylation is 1. The number of rotatable bonds is 9. The Morgan fingerprint density at radius 3 is 2.81 bits per heavy atom. The maximum atomic E-state index is 13.4. The minimum absolute atomic E-state index is 0.176. The number of benzene rings is 1. The minimum Gasteiger partial charge on any atom is -0.390 e. The first kappa shape index (κ1) is 29.1. The lowest BCUT2D eigenvalue weighted by Gasteiger charge is -2.27. The van der Waals surface area contributed by atoms with E-state index in [1.54, 1.807) is 7.11 Å². The van der Waals surface area contributed by atoms with Gasteiger partial charge in [-0.25, -0.2) is 0 Å². The van der Waals surface area contributed by atoms with Gasteiger partial charge in [-0.05, 0) is 48.9 Å². The molecule has 2 bridgehead atoms. The van der Waals surface area contributed by atoms with Crippen molar-refractivity contribution in [1.29, 1.82) is 0 Å². The van der Waals surface area contributed by atoms with Crippen LogP contribution < -0.4 is 16.0 Å². The molecule has 0 fully saturated rings. The first-order valence-electron chi connectivity index (χ1n) is 14.0. The molecule has 8 heteroatoms. The van der Waals surface area contributed by atoms with Crippen LogP contribution in [0.4, 0.5) is 5.69 Å². The van der Waals surface area contributed by atoms with Gasteiger partial charge in [0.1, 0.15) is 5.76 Å². The molecule has 4 N–H and O–H groups in total. The maximum Gasteiger partial charge on any atom is 0.251 e. The first-order valence-corrected chi connectivity index (χ1v) is 14.0. The molecular weight excluding hydrogens is 468 g/mol. The summed E-state index contributed by atoms with van der Waals surface area (Å²) in [7, 11) is 1.66. The lowest BCUT2D eigenvalue weighted by atomic mass is 9.92. The molecule has 0 radical (unpaired) electrons. The number of carbonyl (C=O) groups is 1. The standard InChI is InChI=1S/C29H46N4O4/c1-4-10-26-17-25(33-37-26)18-30-19-28(34)27-13-21(2)11-8-6-5-7-9-12-31-24-15-22(20-36-3)14-23(16-24)29(35)32-27/h14-17,21,27-28,30-31,34H,4-13,18-20H2,1-3H3,(H,32,35)/t21-,27+,28-/m1/s1. The predicted molar refractivity (Wildman–Crippen MR) is 147 cm³/mol. The molecule has 2 aromatic rings. The van der Waals surface area contributed by atoms with Crippen LogP contribution in [0, 0.1) is 5.92 Å². The van der Waals surface area contributed by atoms with Crippen molar-refractivity contribution in [2.75, 3.05) is 25.5 Å². The molecule has 0 unspecified atom stereocenters. The fourth-order valence-corrected chi connectivity index (χ4v) is 4.96. The van der Waals surface area contributed by atoms with Crippen LogP contribution in [-0.2, 0) is 24.3 Å². The molecule has 0 aliphatic carbocycles. The fraction of sp³-hybridized carbons (Fsp3) is 0.655. The van der Waals surface area contributed by atoms with Crippen molar-refractivity contribution in [1.82, 2.24) is 15.8 Å². The number of aliphatic hydroxyl groups excluding tert-OH is 1. The van der Waals surface area contributed by atoms with Crippen molar-refractivity contribution in [3.05, 3.63) is 46.8 Å². The number of hydrogen-bond acceptors (Lipinski definition) is 7. The Hall–Kier alpha value is -2.42. The number of nitrogens with one attached hydrogen (secondary N) is 3. The largest absolute Gasteiger partial charge is 0.390 e. The van der Waals surface area contributed by atoms with Gasteiger partial charge in [-0.3, -0.25) is 4.79 Å². The lowest BCUT2D eigenvalue weighted by Crippen LogP contribution is -2.48. The number of amides is 1. The van der Waals surface area contributed by atoms with E-state index in [9.17, 15) is 9.90 Å². The molecule has 206 valence electrons. The van der Waals surface area contributed by atoms with Crippen molar-refractivity contribution >= 4 is 11.6 Å². The predicted octanol–water partition coefficient (Wildman–Crippen LogP) is 4.81. The molecule has 1 amide bonds. The van der Waals surface area contributed by atoms with Gasteiger partial charge in [-0.1, -0.05) is 51.1 Å². The zero-order chi connectivity index (χ0) is 26.5. The number of aliphatic hydroxyl groups is 1. The van der Waals surface area contributed by atoms with Crippen LogP contribution in [-0.4, -0.2) is 48.5 Å². The summed E-state index contributed by atoms with van der Waals surface area (Å²) in [4.78, 5) is 13.4. The van der Waals surface area contributed by atoms with E-state index in [1.807, 2.05) is 24.3 Å². The number of ether oxygens (including phenoxy) is 1. The third-order valence-corrected chi connectivity index (χ3v) is 6.97. The third kappa shape index (κ3) is 10.1. The number of nitrogens with zero attached hydrogens (tertiary/aromatic N) is 1. The average Bonchev–Trinajstić information content (AvgIpc) is 3.32. The van der Waals surface area contributed by atoms with Crippen molar-refractivity contribution in [2.45, 2.75) is 96.9 Å². The van der Waals surface area contributed by atoms with Crippen molar-refractivity contribution < 1.29 is 19.2 Å². The van der Waals surface area contributed by atoms with E-state index in [4.69, 9.17) is 9.26 Å². The molecule has 0 spiro atoms. The highest BCUT2D eigenvalue weighted by atomic mass is 16.5. The van der Waals surface area contributed by atoms with Crippen molar-refractivity contribution in [3.63, 3.8) is 0 Å². The van der Waals surface area contributed by atoms with E-state index in [1.165, 1.54) is 25.7 Å². The van der Waals surface area contributed by atoms with Gasteiger partial charge >= 0.3 is 0 Å². The summed E-state index contributed by atoms with van der Waals surface area (Å²) in [5.41, 5.74) is 3.27. The topological polar surface area (TPSA) is 109 Å². The Kier molecular flexibility index (Phi) is 12.4. The van der Waals surface area contributed by atoms with Gasteiger partial charge < -0.3 is 30.3 Å². The second kappa shape index (κ2) is 15.7. The Balaban J connectivity index is 1.70. The summed E-state index contributed by atoms with van der Waals surface area (Å²) >= 11 is 0. The quantitative estimate of drug-likeness (QED) is 0.380. The van der Waals surface area contributed by atoms with E-state index in [2.05, 4.69) is 35.0 Å². The molecule has 2 heterocycles. The van der Waals surface area contributed by atoms with Crippen molar-refractivity contribution in [3.8, 4) is 0 Å². The normalized spacial score (nSPS) is 20.7. The fourth-order valence-electron chi connectivity index (χ4n) is 4.96. The molecule has 1 aliphatic rings. The van der Waals surface area contributed by atoms with Gasteiger partial charge in [0.05, 0.1) is 24.4 Å². The number of methoxy groups -OCH3 is 1. The van der Waals surface area contributed by atoms with Crippen LogP contribution in [0.3, 0.4) is 0 Å². The average molecular weight is 515 g/mol. The van der Waals surface area contributed by atoms with E-state index in [0.29, 0.717) is 31.2 Å². The van der Waals surface area contributed by atoms with E-state index >= 15 is 0 Å². The first-order chi connectivity index (χ1) is 18.0. The van der Waals surface area contributed by atoms with Crippen LogP contribution in [0.15, 0.2) is 28.8 Å². The molecule has 3 atom stereocenters. The Morgan fingerprint density at radius 2 is 2.00 bits per heavy atom. The summed E-state index contributed by atoms with van der Waals surface area (Å²) in [5.74, 6) is 1.10. The van der Waals surface area contributed by atoms with Gasteiger partial charge in [-0.15, -0.1) is 0 Å². The summed E-state index contributed by atoms with van der Waals surface area (Å²) in [6.45, 7) is 6.50. The molecule has 1 aromatic heterocycles. The minimum atomic E-state index is -0.730. The Bertz CT molecular complexity index is 948. The highest BCUT2D eigenvalue weighted by Crippen LogP contribution is 2.21. The molecular formula is C29H46N4O4. The number of aromatic nitrogens is 1. The van der Waals surface area contributed by atoms with E-state index in [-0.39, 0.29) is 11.9 Å². The maximum absolute atomic E-state index is 13.4. The number of fused-ring (bicyclic) bond motifs is 2. The molecule has 37 heavy (non-hydrogen) atoms. The highest BCUT2D eigenvalue weighted by Gasteiger charge is 2.24. The van der Waals surface area contributed by atoms with Crippen LogP contribution >= 0.6 is 0 Å². The molecule has 1 aliphatic heterocycles. The van der Waals surface area contributed by atoms with Crippen LogP contribution in [0.5, 0.6) is 0 Å². The van der Waals surface area contributed by atoms with Gasteiger partial charge in [0.25, 0.3) is 5.91 Å². The molecule has 8 nitrogen and oxygen atoms in total. The molecule has 3 rings (SSSR count). The van der Waals surface area contributed by atoms with Gasteiger partial charge in [0, 0.05) is 50.5 Å². The lowest BCUT2D eigenvalue weighted by molar-refractivity contribution is 0.0792. The Morgan fingerprint density at radius 1 is 1.19 bits per heavy atom. The van der Waals surface area contributed by atoms with E-state index < -0.39 is 6.10 Å². The second-order valence-corrected chi connectivity index (χ2v) is 10.5. The zero-order valence-electron chi connectivity index (χ0n) is 22.9. The summed E-state index contributed by atoms with van der Waals surface area (Å²) in [5, 5.41) is 25.1. The molecule has 0 saturated heterocycles. The van der Waals surface area contributed by atoms with Gasteiger partial charge in [-0.2, -0.15) is 0 Å². The molecule has 1 aromatic carbocycles. The smallest absolute Gasteiger partial charge is 0.251 e. The Labute approximate surface area is 221 Å². The SMILES string of the molecule is CCCc1cc(CNC[C@@H](O)[C@@H]2C[C@H](C)CCCCCCCNc3cc(COC)cc(c3)C(=O)N2)no1. The third-order valence-electron chi connectivity index (χ3n) is 6.97. The number of hydrogen-bond donors (Lipinski definition) is 4. The summed E-state index contributed by atoms with van der Waals surface area (Å²) < 4.78 is 10.7. The van der Waals surface area contributed by atoms with E-state index in [0.717, 1.165) is 61.4 Å². The number of anilines is 1. The zero-order valence-corrected chi connectivity index (χ0v) is 22.9. The summed E-state index contributed by atoms with van der Waals surface area (Å²) in [6, 6.07) is 7.40. The highest BCUT2D eigenvalue weighted by molar-refractivity contribution is 5.95. The second-order valence-electron chi connectivity index (χ2n) is 10.5. The molecule has 0 saturated carbocycles. The number of carbonyl (C=O) groups excluding carboxylic acids is 1. The van der Waals surface area contributed by atoms with Crippen LogP contribution in [0.25, 0.3) is 0 Å². The van der Waals surface area contributed by atoms with Gasteiger partial charge in [0.15, 0.2) is 0 Å². The monoisotopic (exact) mass is 514 g/mol. The van der Waals surface area contributed by atoms with Crippen LogP contribution in [0.2, 0.25) is 0 Å². The summed E-state index contributed by atoms with van der Waals surface area (Å²) in [6.07, 6.45) is 8.90. The van der Waals surface area contributed by atoms with Crippen LogP contribution in [0.1, 0.15) is 92.6 Å². The van der Waals surface area contributed by atoms with Crippen molar-refractivity contribution in [2.24, 2.45) is 5.92 Å².